The second kappa shape index (κ2) is 6.80. The molecule has 0 aromatic heterocycles. The molecular weight excluding hydrogens is 238 g/mol. The second-order valence-electron chi connectivity index (χ2n) is 5.65. The minimum absolute atomic E-state index is 0.357. The maximum absolute atomic E-state index is 6.19. The van der Waals surface area contributed by atoms with Gasteiger partial charge in [0.2, 0.25) is 0 Å². The van der Waals surface area contributed by atoms with Crippen molar-refractivity contribution in [2.45, 2.75) is 38.6 Å². The molecule has 0 spiro atoms. The van der Waals surface area contributed by atoms with E-state index in [1.54, 1.807) is 7.11 Å². The van der Waals surface area contributed by atoms with E-state index in [9.17, 15) is 0 Å². The third-order valence-corrected chi connectivity index (χ3v) is 4.12. The number of hydrogen-bond acceptors (Lipinski definition) is 3. The molecule has 0 aliphatic heterocycles. The van der Waals surface area contributed by atoms with Crippen LogP contribution in [-0.4, -0.2) is 19.8 Å². The highest BCUT2D eigenvalue weighted by molar-refractivity contribution is 5.31. The summed E-state index contributed by atoms with van der Waals surface area (Å²) in [6, 6.07) is 8.09. The summed E-state index contributed by atoms with van der Waals surface area (Å²) in [6.07, 6.45) is 4.73. The number of benzene rings is 1. The van der Waals surface area contributed by atoms with E-state index in [4.69, 9.17) is 15.2 Å². The molecule has 3 heteroatoms. The summed E-state index contributed by atoms with van der Waals surface area (Å²) in [7, 11) is 1.67. The highest BCUT2D eigenvalue weighted by Gasteiger charge is 2.25. The van der Waals surface area contributed by atoms with Crippen molar-refractivity contribution in [1.29, 1.82) is 0 Å². The molecule has 2 rings (SSSR count). The van der Waals surface area contributed by atoms with Crippen molar-refractivity contribution in [3.05, 3.63) is 24.3 Å². The van der Waals surface area contributed by atoms with Crippen molar-refractivity contribution in [3.8, 4) is 11.5 Å². The summed E-state index contributed by atoms with van der Waals surface area (Å²) in [5.74, 6) is 3.18. The fraction of sp³-hybridized carbons (Fsp3) is 0.625. The number of rotatable bonds is 5. The number of nitrogens with two attached hydrogens (primary N) is 1. The van der Waals surface area contributed by atoms with Crippen molar-refractivity contribution < 1.29 is 9.47 Å². The summed E-state index contributed by atoms with van der Waals surface area (Å²) in [5.41, 5.74) is 6.19. The zero-order valence-corrected chi connectivity index (χ0v) is 12.0. The van der Waals surface area contributed by atoms with Crippen LogP contribution < -0.4 is 15.2 Å². The second-order valence-corrected chi connectivity index (χ2v) is 5.65. The highest BCUT2D eigenvalue weighted by Crippen LogP contribution is 2.30. The Bertz CT molecular complexity index is 377. The molecule has 1 aliphatic carbocycles. The number of methoxy groups -OCH3 is 1. The third-order valence-electron chi connectivity index (χ3n) is 4.12. The van der Waals surface area contributed by atoms with Crippen LogP contribution in [0.25, 0.3) is 0 Å². The first kappa shape index (κ1) is 14.2. The average Bonchev–Trinajstić information content (AvgIpc) is 2.43. The van der Waals surface area contributed by atoms with Gasteiger partial charge in [-0.15, -0.1) is 0 Å². The molecule has 0 saturated heterocycles. The van der Waals surface area contributed by atoms with Gasteiger partial charge >= 0.3 is 0 Å². The molecule has 1 aliphatic rings. The van der Waals surface area contributed by atoms with E-state index in [1.807, 2.05) is 24.3 Å². The minimum atomic E-state index is 0.357. The molecule has 19 heavy (non-hydrogen) atoms. The standard InChI is InChI=1S/C16H25NO2/c1-12-3-8-16(17)13(11-12)9-10-19-15-6-4-14(18-2)5-7-15/h4-7,12-13,16H,3,8-11,17H2,1-2H3. The minimum Gasteiger partial charge on any atom is -0.497 e. The molecule has 2 N–H and O–H groups in total. The first-order valence-corrected chi connectivity index (χ1v) is 7.21. The smallest absolute Gasteiger partial charge is 0.119 e. The molecule has 1 saturated carbocycles. The van der Waals surface area contributed by atoms with E-state index in [2.05, 4.69) is 6.92 Å². The molecule has 3 nitrogen and oxygen atoms in total. The van der Waals surface area contributed by atoms with Gasteiger partial charge in [0.1, 0.15) is 11.5 Å². The van der Waals surface area contributed by atoms with E-state index in [-0.39, 0.29) is 0 Å². The van der Waals surface area contributed by atoms with Crippen molar-refractivity contribution in [1.82, 2.24) is 0 Å². The van der Waals surface area contributed by atoms with Gasteiger partial charge in [0.25, 0.3) is 0 Å². The van der Waals surface area contributed by atoms with Crippen LogP contribution in [-0.2, 0) is 0 Å². The monoisotopic (exact) mass is 263 g/mol. The van der Waals surface area contributed by atoms with Gasteiger partial charge in [-0.1, -0.05) is 6.92 Å². The molecular formula is C16H25NO2. The van der Waals surface area contributed by atoms with E-state index >= 15 is 0 Å². The summed E-state index contributed by atoms with van der Waals surface area (Å²) in [6.45, 7) is 3.07. The Morgan fingerprint density at radius 2 is 1.84 bits per heavy atom. The quantitative estimate of drug-likeness (QED) is 0.887. The SMILES string of the molecule is COc1ccc(OCCC2CC(C)CCC2N)cc1. The lowest BCUT2D eigenvalue weighted by molar-refractivity contribution is 0.195. The first-order valence-electron chi connectivity index (χ1n) is 7.21. The Morgan fingerprint density at radius 1 is 1.16 bits per heavy atom. The summed E-state index contributed by atoms with van der Waals surface area (Å²) in [4.78, 5) is 0. The zero-order valence-electron chi connectivity index (χ0n) is 12.0. The van der Waals surface area contributed by atoms with Gasteiger partial charge in [0.15, 0.2) is 0 Å². The Labute approximate surface area is 116 Å². The molecule has 0 amide bonds. The lowest BCUT2D eigenvalue weighted by Gasteiger charge is -2.32. The normalized spacial score (nSPS) is 27.0. The molecule has 0 bridgehead atoms. The van der Waals surface area contributed by atoms with Gasteiger partial charge in [0.05, 0.1) is 13.7 Å². The van der Waals surface area contributed by atoms with Crippen molar-refractivity contribution in [2.75, 3.05) is 13.7 Å². The lowest BCUT2D eigenvalue weighted by atomic mass is 9.78. The predicted molar refractivity (Wildman–Crippen MR) is 77.6 cm³/mol. The van der Waals surface area contributed by atoms with Crippen molar-refractivity contribution in [2.24, 2.45) is 17.6 Å². The van der Waals surface area contributed by atoms with Gasteiger partial charge in [-0.05, 0) is 61.8 Å². The third kappa shape index (κ3) is 4.13. The van der Waals surface area contributed by atoms with Crippen molar-refractivity contribution in [3.63, 3.8) is 0 Å². The van der Waals surface area contributed by atoms with Gasteiger partial charge in [-0.25, -0.2) is 0 Å². The summed E-state index contributed by atoms with van der Waals surface area (Å²) in [5, 5.41) is 0. The number of hydrogen-bond donors (Lipinski definition) is 1. The Kier molecular flexibility index (Phi) is 5.08. The van der Waals surface area contributed by atoms with Crippen LogP contribution >= 0.6 is 0 Å². The van der Waals surface area contributed by atoms with E-state index < -0.39 is 0 Å². The summed E-state index contributed by atoms with van der Waals surface area (Å²) >= 11 is 0. The maximum atomic E-state index is 6.19. The zero-order chi connectivity index (χ0) is 13.7. The van der Waals surface area contributed by atoms with E-state index in [0.29, 0.717) is 12.0 Å². The first-order chi connectivity index (χ1) is 9.19. The summed E-state index contributed by atoms with van der Waals surface area (Å²) < 4.78 is 10.9. The lowest BCUT2D eigenvalue weighted by Crippen LogP contribution is -2.36. The maximum Gasteiger partial charge on any atom is 0.119 e. The van der Waals surface area contributed by atoms with Crippen LogP contribution in [0.1, 0.15) is 32.6 Å². The number of ether oxygens (including phenoxy) is 2. The van der Waals surface area contributed by atoms with Crippen LogP contribution in [0, 0.1) is 11.8 Å². The Morgan fingerprint density at radius 3 is 2.53 bits per heavy atom. The largest absolute Gasteiger partial charge is 0.497 e. The van der Waals surface area contributed by atoms with Gasteiger partial charge < -0.3 is 15.2 Å². The molecule has 106 valence electrons. The van der Waals surface area contributed by atoms with Gasteiger partial charge in [-0.2, -0.15) is 0 Å². The topological polar surface area (TPSA) is 44.5 Å². The molecule has 3 atom stereocenters. The molecule has 1 fully saturated rings. The fourth-order valence-corrected chi connectivity index (χ4v) is 2.85. The highest BCUT2D eigenvalue weighted by atomic mass is 16.5. The van der Waals surface area contributed by atoms with Crippen LogP contribution in [0.15, 0.2) is 24.3 Å². The molecule has 0 heterocycles. The Hall–Kier alpha value is -1.22. The van der Waals surface area contributed by atoms with Crippen LogP contribution in [0.3, 0.4) is 0 Å². The molecule has 1 aromatic rings. The Balaban J connectivity index is 1.75. The van der Waals surface area contributed by atoms with Crippen LogP contribution in [0.2, 0.25) is 0 Å². The van der Waals surface area contributed by atoms with Crippen LogP contribution in [0.4, 0.5) is 0 Å². The van der Waals surface area contributed by atoms with Crippen LogP contribution in [0.5, 0.6) is 11.5 Å². The van der Waals surface area contributed by atoms with Crippen molar-refractivity contribution >= 4 is 0 Å². The molecule has 1 aromatic carbocycles. The van der Waals surface area contributed by atoms with Gasteiger partial charge in [-0.3, -0.25) is 0 Å². The molecule has 0 radical (unpaired) electrons. The average molecular weight is 263 g/mol. The van der Waals surface area contributed by atoms with E-state index in [1.165, 1.54) is 12.8 Å². The van der Waals surface area contributed by atoms with Gasteiger partial charge in [0, 0.05) is 6.04 Å². The predicted octanol–water partition coefficient (Wildman–Crippen LogP) is 3.23. The fourth-order valence-electron chi connectivity index (χ4n) is 2.85. The van der Waals surface area contributed by atoms with E-state index in [0.717, 1.165) is 36.9 Å². The molecule has 3 unspecified atom stereocenters.